The Morgan fingerprint density at radius 2 is 1.61 bits per heavy atom. The zero-order chi connectivity index (χ0) is 13.2. The average Bonchev–Trinajstić information content (AvgIpc) is 2.27. The summed E-state index contributed by atoms with van der Waals surface area (Å²) in [5.41, 5.74) is -0.0804. The number of thioether (sulfide) groups is 1. The summed E-state index contributed by atoms with van der Waals surface area (Å²) in [7, 11) is 0. The molecule has 1 aromatic rings. The Morgan fingerprint density at radius 1 is 1.06 bits per heavy atom. The Morgan fingerprint density at radius 3 is 2.17 bits per heavy atom. The van der Waals surface area contributed by atoms with E-state index >= 15 is 0 Å². The first-order chi connectivity index (χ1) is 8.48. The lowest BCUT2D eigenvalue weighted by Gasteiger charge is -2.29. The van der Waals surface area contributed by atoms with Crippen LogP contribution < -0.4 is 0 Å². The Balaban J connectivity index is 2.14. The van der Waals surface area contributed by atoms with Gasteiger partial charge in [0.25, 0.3) is 5.79 Å². The van der Waals surface area contributed by atoms with Crippen molar-refractivity contribution in [1.82, 2.24) is 0 Å². The van der Waals surface area contributed by atoms with Gasteiger partial charge in [-0.15, -0.1) is 0 Å². The first-order valence-electron chi connectivity index (χ1n) is 5.36. The van der Waals surface area contributed by atoms with Gasteiger partial charge < -0.3 is 9.47 Å². The highest BCUT2D eigenvalue weighted by molar-refractivity contribution is 8.02. The van der Waals surface area contributed by atoms with E-state index in [1.165, 1.54) is 31.0 Å². The van der Waals surface area contributed by atoms with Crippen LogP contribution >= 0.6 is 11.8 Å². The summed E-state index contributed by atoms with van der Waals surface area (Å²) in [6.07, 6.45) is 0. The second kappa shape index (κ2) is 4.86. The van der Waals surface area contributed by atoms with Gasteiger partial charge in [-0.2, -0.15) is 0 Å². The maximum atomic E-state index is 11.6. The lowest BCUT2D eigenvalue weighted by molar-refractivity contribution is -0.222. The fourth-order valence-corrected chi connectivity index (χ4v) is 2.14. The van der Waals surface area contributed by atoms with E-state index in [1.807, 2.05) is 30.3 Å². The van der Waals surface area contributed by atoms with Crippen LogP contribution in [0.2, 0.25) is 0 Å². The molecule has 4 nitrogen and oxygen atoms in total. The Kier molecular flexibility index (Phi) is 3.43. The first-order valence-corrected chi connectivity index (χ1v) is 6.24. The summed E-state index contributed by atoms with van der Waals surface area (Å²) in [6, 6.07) is 9.40. The van der Waals surface area contributed by atoms with Crippen LogP contribution in [0, 0.1) is 0 Å². The Hall–Kier alpha value is -1.75. The standard InChI is InChI=1S/C13H12O4S/c1-13(2)16-11(14)10(12(15)17-13)8-18-9-6-4-3-5-7-9/h3-8H,1-2H3. The molecule has 0 aliphatic carbocycles. The average molecular weight is 264 g/mol. The van der Waals surface area contributed by atoms with Crippen molar-refractivity contribution in [3.63, 3.8) is 0 Å². The van der Waals surface area contributed by atoms with Crippen molar-refractivity contribution in [2.75, 3.05) is 0 Å². The molecule has 0 amide bonds. The molecule has 0 radical (unpaired) electrons. The minimum atomic E-state index is -1.19. The van der Waals surface area contributed by atoms with Crippen LogP contribution in [0.3, 0.4) is 0 Å². The lowest BCUT2D eigenvalue weighted by Crippen LogP contribution is -2.41. The fraction of sp³-hybridized carbons (Fsp3) is 0.231. The number of carbonyl (C=O) groups excluding carboxylic acids is 2. The fourth-order valence-electron chi connectivity index (χ4n) is 1.38. The van der Waals surface area contributed by atoms with Crippen LogP contribution in [-0.4, -0.2) is 17.7 Å². The topological polar surface area (TPSA) is 52.6 Å². The molecule has 1 aliphatic heterocycles. The highest BCUT2D eigenvalue weighted by Crippen LogP contribution is 2.26. The molecule has 5 heteroatoms. The molecule has 0 bridgehead atoms. The molecule has 1 aromatic carbocycles. The molecule has 1 saturated heterocycles. The van der Waals surface area contributed by atoms with E-state index < -0.39 is 17.7 Å². The highest BCUT2D eigenvalue weighted by Gasteiger charge is 2.38. The van der Waals surface area contributed by atoms with Crippen molar-refractivity contribution in [2.45, 2.75) is 24.5 Å². The highest BCUT2D eigenvalue weighted by atomic mass is 32.2. The molecule has 0 saturated carbocycles. The summed E-state index contributed by atoms with van der Waals surface area (Å²) in [5, 5.41) is 1.45. The van der Waals surface area contributed by atoms with Crippen LogP contribution in [0.1, 0.15) is 13.8 Å². The number of rotatable bonds is 2. The van der Waals surface area contributed by atoms with Crippen LogP contribution in [0.25, 0.3) is 0 Å². The zero-order valence-electron chi connectivity index (χ0n) is 10.0. The molecule has 94 valence electrons. The molecular weight excluding hydrogens is 252 g/mol. The molecule has 1 fully saturated rings. The minimum absolute atomic E-state index is 0.0804. The number of hydrogen-bond donors (Lipinski definition) is 0. The van der Waals surface area contributed by atoms with Crippen molar-refractivity contribution >= 4 is 23.7 Å². The molecular formula is C13H12O4S. The molecule has 18 heavy (non-hydrogen) atoms. The molecule has 0 unspecified atom stereocenters. The third-order valence-corrected chi connectivity index (χ3v) is 3.07. The quantitative estimate of drug-likeness (QED) is 0.355. The normalized spacial score (nSPS) is 18.0. The minimum Gasteiger partial charge on any atom is -0.419 e. The SMILES string of the molecule is CC1(C)OC(=O)C(=CSc2ccccc2)C(=O)O1. The van der Waals surface area contributed by atoms with Gasteiger partial charge in [0.05, 0.1) is 0 Å². The van der Waals surface area contributed by atoms with Crippen molar-refractivity contribution in [3.05, 3.63) is 41.3 Å². The second-order valence-corrected chi connectivity index (χ2v) is 5.08. The number of ether oxygens (including phenoxy) is 2. The van der Waals surface area contributed by atoms with Crippen LogP contribution in [0.5, 0.6) is 0 Å². The predicted octanol–water partition coefficient (Wildman–Crippen LogP) is 2.50. The maximum Gasteiger partial charge on any atom is 0.349 e. The second-order valence-electron chi connectivity index (χ2n) is 4.14. The number of hydrogen-bond acceptors (Lipinski definition) is 5. The van der Waals surface area contributed by atoms with Gasteiger partial charge in [0, 0.05) is 18.7 Å². The van der Waals surface area contributed by atoms with E-state index in [4.69, 9.17) is 9.47 Å². The van der Waals surface area contributed by atoms with E-state index in [0.29, 0.717) is 0 Å². The molecule has 1 aliphatic rings. The summed E-state index contributed by atoms with van der Waals surface area (Å²) in [5.74, 6) is -2.50. The first kappa shape index (κ1) is 12.7. The third kappa shape index (κ3) is 2.92. The Labute approximate surface area is 109 Å². The van der Waals surface area contributed by atoms with Gasteiger partial charge in [-0.1, -0.05) is 30.0 Å². The van der Waals surface area contributed by atoms with E-state index in [-0.39, 0.29) is 5.57 Å². The predicted molar refractivity (Wildman–Crippen MR) is 66.6 cm³/mol. The van der Waals surface area contributed by atoms with Crippen molar-refractivity contribution in [2.24, 2.45) is 0 Å². The van der Waals surface area contributed by atoms with E-state index in [9.17, 15) is 9.59 Å². The van der Waals surface area contributed by atoms with Gasteiger partial charge in [-0.25, -0.2) is 9.59 Å². The number of benzene rings is 1. The largest absolute Gasteiger partial charge is 0.419 e. The molecule has 0 spiro atoms. The Bertz CT molecular complexity index is 483. The van der Waals surface area contributed by atoms with Gasteiger partial charge in [-0.3, -0.25) is 0 Å². The van der Waals surface area contributed by atoms with Crippen LogP contribution in [0.4, 0.5) is 0 Å². The van der Waals surface area contributed by atoms with E-state index in [0.717, 1.165) is 4.90 Å². The third-order valence-electron chi connectivity index (χ3n) is 2.17. The smallest absolute Gasteiger partial charge is 0.349 e. The monoisotopic (exact) mass is 264 g/mol. The van der Waals surface area contributed by atoms with Crippen molar-refractivity contribution in [3.8, 4) is 0 Å². The van der Waals surface area contributed by atoms with Gasteiger partial charge >= 0.3 is 11.9 Å². The molecule has 0 N–H and O–H groups in total. The molecule has 0 atom stereocenters. The van der Waals surface area contributed by atoms with Gasteiger partial charge in [0.2, 0.25) is 0 Å². The summed E-state index contributed by atoms with van der Waals surface area (Å²) < 4.78 is 9.96. The molecule has 1 heterocycles. The summed E-state index contributed by atoms with van der Waals surface area (Å²) in [6.45, 7) is 3.04. The van der Waals surface area contributed by atoms with Gasteiger partial charge in [0.15, 0.2) is 5.57 Å². The van der Waals surface area contributed by atoms with Crippen LogP contribution in [-0.2, 0) is 19.1 Å². The van der Waals surface area contributed by atoms with E-state index in [2.05, 4.69) is 0 Å². The van der Waals surface area contributed by atoms with Crippen molar-refractivity contribution in [1.29, 1.82) is 0 Å². The number of carbonyl (C=O) groups is 2. The number of esters is 2. The maximum absolute atomic E-state index is 11.6. The van der Waals surface area contributed by atoms with Crippen LogP contribution in [0.15, 0.2) is 46.2 Å². The zero-order valence-corrected chi connectivity index (χ0v) is 10.8. The molecule has 2 rings (SSSR count). The molecule has 0 aromatic heterocycles. The van der Waals surface area contributed by atoms with E-state index in [1.54, 1.807) is 0 Å². The summed E-state index contributed by atoms with van der Waals surface area (Å²) in [4.78, 5) is 24.2. The number of cyclic esters (lactones) is 2. The summed E-state index contributed by atoms with van der Waals surface area (Å²) >= 11 is 1.27. The van der Waals surface area contributed by atoms with Gasteiger partial charge in [0.1, 0.15) is 0 Å². The van der Waals surface area contributed by atoms with Gasteiger partial charge in [-0.05, 0) is 17.5 Å². The lowest BCUT2D eigenvalue weighted by atomic mass is 10.2. The van der Waals surface area contributed by atoms with Crippen molar-refractivity contribution < 1.29 is 19.1 Å².